The van der Waals surface area contributed by atoms with Gasteiger partial charge in [-0.1, -0.05) is 12.5 Å². The minimum Gasteiger partial charge on any atom is -0.368 e. The van der Waals surface area contributed by atoms with E-state index < -0.39 is 0 Å². The molecule has 0 spiro atoms. The van der Waals surface area contributed by atoms with Gasteiger partial charge in [-0.25, -0.2) is 0 Å². The van der Waals surface area contributed by atoms with Crippen molar-refractivity contribution in [3.05, 3.63) is 34.4 Å². The maximum Gasteiger partial charge on any atom is 0.271 e. The van der Waals surface area contributed by atoms with Crippen LogP contribution in [0.15, 0.2) is 24.3 Å². The van der Waals surface area contributed by atoms with Gasteiger partial charge in [0.1, 0.15) is 0 Å². The molecule has 1 aromatic rings. The number of hydrogen-bond acceptors (Lipinski definition) is 5. The van der Waals surface area contributed by atoms with Crippen LogP contribution in [0.2, 0.25) is 0 Å². The number of amides is 1. The molecule has 2 heterocycles. The van der Waals surface area contributed by atoms with Crippen molar-refractivity contribution in [2.45, 2.75) is 25.3 Å². The lowest BCUT2D eigenvalue weighted by Crippen LogP contribution is -2.55. The molecule has 0 aromatic heterocycles. The number of nitrogens with zero attached hydrogens (tertiary/aromatic N) is 3. The highest BCUT2D eigenvalue weighted by Gasteiger charge is 2.28. The number of nitro benzene ring substituents is 1. The van der Waals surface area contributed by atoms with Gasteiger partial charge in [-0.15, -0.1) is 0 Å². The first-order valence-corrected chi connectivity index (χ1v) is 8.17. The van der Waals surface area contributed by atoms with Crippen molar-refractivity contribution < 1.29 is 9.72 Å². The number of piperidine rings is 1. The summed E-state index contributed by atoms with van der Waals surface area (Å²) in [4.78, 5) is 27.0. The SMILES string of the molecule is O=C([C@@H]1CCCCN1)N1CCN(c2cccc([N+](=O)[O-])c2)CC1. The van der Waals surface area contributed by atoms with Crippen molar-refractivity contribution in [3.63, 3.8) is 0 Å². The van der Waals surface area contributed by atoms with Crippen LogP contribution >= 0.6 is 0 Å². The van der Waals surface area contributed by atoms with Gasteiger partial charge in [0, 0.05) is 44.0 Å². The lowest BCUT2D eigenvalue weighted by atomic mass is 10.0. The van der Waals surface area contributed by atoms with Crippen molar-refractivity contribution in [2.24, 2.45) is 0 Å². The summed E-state index contributed by atoms with van der Waals surface area (Å²) in [7, 11) is 0. The molecule has 2 fully saturated rings. The zero-order valence-electron chi connectivity index (χ0n) is 13.1. The minimum atomic E-state index is -0.377. The van der Waals surface area contributed by atoms with E-state index in [9.17, 15) is 14.9 Å². The van der Waals surface area contributed by atoms with Gasteiger partial charge in [-0.05, 0) is 25.5 Å². The summed E-state index contributed by atoms with van der Waals surface area (Å²) in [5.74, 6) is 0.198. The normalized spacial score (nSPS) is 22.0. The fourth-order valence-corrected chi connectivity index (χ4v) is 3.27. The largest absolute Gasteiger partial charge is 0.368 e. The fourth-order valence-electron chi connectivity index (χ4n) is 3.27. The van der Waals surface area contributed by atoms with Gasteiger partial charge in [0.2, 0.25) is 5.91 Å². The van der Waals surface area contributed by atoms with Crippen LogP contribution in [0.25, 0.3) is 0 Å². The summed E-state index contributed by atoms with van der Waals surface area (Å²) >= 11 is 0. The summed E-state index contributed by atoms with van der Waals surface area (Å²) < 4.78 is 0. The Bertz CT molecular complexity index is 578. The van der Waals surface area contributed by atoms with Crippen LogP contribution in [-0.4, -0.2) is 54.5 Å². The summed E-state index contributed by atoms with van der Waals surface area (Å²) in [5, 5.41) is 14.2. The molecule has 7 nitrogen and oxygen atoms in total. The van der Waals surface area contributed by atoms with E-state index in [1.54, 1.807) is 12.1 Å². The highest BCUT2D eigenvalue weighted by atomic mass is 16.6. The van der Waals surface area contributed by atoms with Crippen LogP contribution < -0.4 is 10.2 Å². The maximum atomic E-state index is 12.5. The van der Waals surface area contributed by atoms with Crippen LogP contribution in [-0.2, 0) is 4.79 Å². The number of hydrogen-bond donors (Lipinski definition) is 1. The zero-order chi connectivity index (χ0) is 16.2. The second-order valence-electron chi connectivity index (χ2n) is 6.09. The first-order valence-electron chi connectivity index (χ1n) is 8.17. The second kappa shape index (κ2) is 6.95. The number of piperazine rings is 1. The lowest BCUT2D eigenvalue weighted by molar-refractivity contribution is -0.384. The number of carbonyl (C=O) groups is 1. The Morgan fingerprint density at radius 3 is 2.65 bits per heavy atom. The van der Waals surface area contributed by atoms with Gasteiger partial charge in [-0.2, -0.15) is 0 Å². The van der Waals surface area contributed by atoms with E-state index in [1.165, 1.54) is 6.07 Å². The van der Waals surface area contributed by atoms with E-state index in [2.05, 4.69) is 10.2 Å². The summed E-state index contributed by atoms with van der Waals surface area (Å²) in [6.07, 6.45) is 3.17. The molecule has 0 aliphatic carbocycles. The van der Waals surface area contributed by atoms with Crippen molar-refractivity contribution in [1.29, 1.82) is 0 Å². The molecule has 0 unspecified atom stereocenters. The van der Waals surface area contributed by atoms with Gasteiger partial charge < -0.3 is 15.1 Å². The van der Waals surface area contributed by atoms with E-state index >= 15 is 0 Å². The number of nitrogens with one attached hydrogen (secondary N) is 1. The van der Waals surface area contributed by atoms with Crippen LogP contribution in [0.4, 0.5) is 11.4 Å². The first-order chi connectivity index (χ1) is 11.1. The maximum absolute atomic E-state index is 12.5. The molecule has 2 aliphatic heterocycles. The minimum absolute atomic E-state index is 0.0342. The Balaban J connectivity index is 1.58. The summed E-state index contributed by atoms with van der Waals surface area (Å²) in [6, 6.07) is 6.65. The average Bonchev–Trinajstić information content (AvgIpc) is 2.62. The Morgan fingerprint density at radius 2 is 2.00 bits per heavy atom. The molecule has 0 bridgehead atoms. The monoisotopic (exact) mass is 318 g/mol. The van der Waals surface area contributed by atoms with Crippen molar-refractivity contribution in [2.75, 3.05) is 37.6 Å². The number of rotatable bonds is 3. The average molecular weight is 318 g/mol. The summed E-state index contributed by atoms with van der Waals surface area (Å²) in [5.41, 5.74) is 0.953. The molecule has 1 N–H and O–H groups in total. The van der Waals surface area contributed by atoms with Gasteiger partial charge in [0.05, 0.1) is 11.0 Å². The Morgan fingerprint density at radius 1 is 1.22 bits per heavy atom. The van der Waals surface area contributed by atoms with Gasteiger partial charge in [-0.3, -0.25) is 14.9 Å². The molecule has 0 saturated carbocycles. The van der Waals surface area contributed by atoms with E-state index in [0.29, 0.717) is 26.2 Å². The van der Waals surface area contributed by atoms with Crippen molar-refractivity contribution in [3.8, 4) is 0 Å². The molecule has 3 rings (SSSR count). The van der Waals surface area contributed by atoms with Crippen LogP contribution in [0.5, 0.6) is 0 Å². The quantitative estimate of drug-likeness (QED) is 0.673. The van der Waals surface area contributed by atoms with E-state index in [1.807, 2.05) is 11.0 Å². The number of anilines is 1. The standard InChI is InChI=1S/C16H22N4O3/c21-16(15-6-1-2-7-17-15)19-10-8-18(9-11-19)13-4-3-5-14(12-13)20(22)23/h3-5,12,15,17H,1-2,6-11H2/t15-/m0/s1. The number of nitro groups is 1. The Hall–Kier alpha value is -2.15. The first kappa shape index (κ1) is 15.7. The topological polar surface area (TPSA) is 78.7 Å². The van der Waals surface area contributed by atoms with E-state index in [4.69, 9.17) is 0 Å². The van der Waals surface area contributed by atoms with Crippen LogP contribution in [0, 0.1) is 10.1 Å². The fraction of sp³-hybridized carbons (Fsp3) is 0.562. The number of non-ortho nitro benzene ring substituents is 1. The van der Waals surface area contributed by atoms with Gasteiger partial charge >= 0.3 is 0 Å². The smallest absolute Gasteiger partial charge is 0.271 e. The van der Waals surface area contributed by atoms with E-state index in [0.717, 1.165) is 31.5 Å². The van der Waals surface area contributed by atoms with Crippen LogP contribution in [0.3, 0.4) is 0 Å². The molecule has 2 aliphatic rings. The lowest BCUT2D eigenvalue weighted by Gasteiger charge is -2.38. The zero-order valence-corrected chi connectivity index (χ0v) is 13.1. The molecule has 1 aromatic carbocycles. The van der Waals surface area contributed by atoms with E-state index in [-0.39, 0.29) is 22.6 Å². The molecule has 2 saturated heterocycles. The molecular formula is C16H22N4O3. The highest BCUT2D eigenvalue weighted by molar-refractivity contribution is 5.82. The molecule has 1 atom stereocenters. The predicted octanol–water partition coefficient (Wildman–Crippen LogP) is 1.39. The molecule has 23 heavy (non-hydrogen) atoms. The summed E-state index contributed by atoms with van der Waals surface area (Å²) in [6.45, 7) is 3.67. The molecular weight excluding hydrogens is 296 g/mol. The third-order valence-electron chi connectivity index (χ3n) is 4.61. The third-order valence-corrected chi connectivity index (χ3v) is 4.61. The molecule has 0 radical (unpaired) electrons. The molecule has 7 heteroatoms. The second-order valence-corrected chi connectivity index (χ2v) is 6.09. The predicted molar refractivity (Wildman–Crippen MR) is 87.5 cm³/mol. The van der Waals surface area contributed by atoms with Crippen molar-refractivity contribution in [1.82, 2.24) is 10.2 Å². The van der Waals surface area contributed by atoms with Gasteiger partial charge in [0.15, 0.2) is 0 Å². The highest BCUT2D eigenvalue weighted by Crippen LogP contribution is 2.22. The third kappa shape index (κ3) is 3.61. The van der Waals surface area contributed by atoms with Gasteiger partial charge in [0.25, 0.3) is 5.69 Å². The van der Waals surface area contributed by atoms with Crippen LogP contribution in [0.1, 0.15) is 19.3 Å². The Labute approximate surface area is 135 Å². The van der Waals surface area contributed by atoms with Crippen molar-refractivity contribution >= 4 is 17.3 Å². The number of benzene rings is 1. The Kier molecular flexibility index (Phi) is 4.76. The molecule has 1 amide bonds. The molecule has 124 valence electrons. The number of carbonyl (C=O) groups excluding carboxylic acids is 1.